The van der Waals surface area contributed by atoms with E-state index in [4.69, 9.17) is 15.5 Å². The number of para-hydroxylation sites is 1. The third-order valence-corrected chi connectivity index (χ3v) is 7.33. The molecule has 0 saturated carbocycles. The predicted molar refractivity (Wildman–Crippen MR) is 158 cm³/mol. The van der Waals surface area contributed by atoms with Crippen LogP contribution in [0.5, 0.6) is 5.75 Å². The molecule has 0 spiro atoms. The maximum absolute atomic E-state index is 15.0. The summed E-state index contributed by atoms with van der Waals surface area (Å²) in [5.41, 5.74) is 11.3. The molecule has 0 aliphatic carbocycles. The summed E-state index contributed by atoms with van der Waals surface area (Å²) >= 11 is 1.44. The zero-order valence-electron chi connectivity index (χ0n) is 22.0. The first kappa shape index (κ1) is 27.1. The number of rotatable bonds is 10. The van der Waals surface area contributed by atoms with Crippen molar-refractivity contribution in [1.82, 2.24) is 10.3 Å². The Kier molecular flexibility index (Phi) is 8.49. The first-order valence-electron chi connectivity index (χ1n) is 12.8. The molecule has 8 heteroatoms. The van der Waals surface area contributed by atoms with Gasteiger partial charge in [0, 0.05) is 29.6 Å². The summed E-state index contributed by atoms with van der Waals surface area (Å²) in [4.78, 5) is 19.4. The number of nitrogens with zero attached hydrogens (tertiary/aromatic N) is 2. The van der Waals surface area contributed by atoms with Gasteiger partial charge in [-0.2, -0.15) is 0 Å². The van der Waals surface area contributed by atoms with Crippen molar-refractivity contribution < 1.29 is 13.9 Å². The van der Waals surface area contributed by atoms with Crippen molar-refractivity contribution in [3.63, 3.8) is 0 Å². The van der Waals surface area contributed by atoms with E-state index in [-0.39, 0.29) is 11.7 Å². The van der Waals surface area contributed by atoms with E-state index in [0.29, 0.717) is 36.0 Å². The molecule has 0 aliphatic rings. The first-order valence-corrected chi connectivity index (χ1v) is 13.7. The van der Waals surface area contributed by atoms with Crippen molar-refractivity contribution in [1.29, 1.82) is 0 Å². The van der Waals surface area contributed by atoms with Crippen molar-refractivity contribution in [2.75, 3.05) is 12.0 Å². The molecule has 4 aromatic carbocycles. The Labute approximate surface area is 236 Å². The van der Waals surface area contributed by atoms with Crippen LogP contribution in [0.25, 0.3) is 11.3 Å². The fourth-order valence-electron chi connectivity index (χ4n) is 4.32. The second-order valence-electron chi connectivity index (χ2n) is 9.19. The fourth-order valence-corrected chi connectivity index (χ4v) is 5.17. The number of halogens is 1. The van der Waals surface area contributed by atoms with E-state index >= 15 is 0 Å². The summed E-state index contributed by atoms with van der Waals surface area (Å²) in [6.07, 6.45) is 0. The highest BCUT2D eigenvalue weighted by atomic mass is 32.1. The Morgan fingerprint density at radius 1 is 0.950 bits per heavy atom. The van der Waals surface area contributed by atoms with Crippen molar-refractivity contribution in [3.8, 4) is 17.0 Å². The minimum absolute atomic E-state index is 0.168. The van der Waals surface area contributed by atoms with Crippen LogP contribution in [0.2, 0.25) is 0 Å². The van der Waals surface area contributed by atoms with Gasteiger partial charge in [0.1, 0.15) is 11.6 Å². The first-order chi connectivity index (χ1) is 19.5. The summed E-state index contributed by atoms with van der Waals surface area (Å²) in [5, 5.41) is 5.57. The molecule has 1 aromatic heterocycles. The number of hydrogen-bond acceptors (Lipinski definition) is 6. The predicted octanol–water partition coefficient (Wildman–Crippen LogP) is 6.68. The van der Waals surface area contributed by atoms with Crippen LogP contribution < -0.4 is 20.7 Å². The quantitative estimate of drug-likeness (QED) is 0.202. The molecule has 0 saturated heterocycles. The zero-order chi connectivity index (χ0) is 27.9. The van der Waals surface area contributed by atoms with Gasteiger partial charge in [-0.3, -0.25) is 4.79 Å². The number of carbonyl (C=O) groups is 1. The number of ether oxygens (including phenoxy) is 1. The molecule has 0 aliphatic heterocycles. The molecule has 0 fully saturated rings. The summed E-state index contributed by atoms with van der Waals surface area (Å²) in [6.45, 7) is 1.24. The van der Waals surface area contributed by atoms with E-state index in [1.165, 1.54) is 17.4 Å². The van der Waals surface area contributed by atoms with Crippen molar-refractivity contribution in [2.45, 2.75) is 19.6 Å². The molecular formula is C32H29FN4O2S. The number of thiazole rings is 1. The maximum Gasteiger partial charge on any atom is 0.251 e. The Morgan fingerprint density at radius 2 is 1.73 bits per heavy atom. The van der Waals surface area contributed by atoms with Crippen LogP contribution >= 0.6 is 11.3 Å². The molecular weight excluding hydrogens is 523 g/mol. The largest absolute Gasteiger partial charge is 0.497 e. The average molecular weight is 553 g/mol. The van der Waals surface area contributed by atoms with Crippen molar-refractivity contribution >= 4 is 28.1 Å². The second kappa shape index (κ2) is 12.5. The molecule has 1 heterocycles. The van der Waals surface area contributed by atoms with Gasteiger partial charge in [0.15, 0.2) is 5.13 Å². The lowest BCUT2D eigenvalue weighted by Crippen LogP contribution is -2.23. The zero-order valence-corrected chi connectivity index (χ0v) is 22.8. The van der Waals surface area contributed by atoms with Crippen LogP contribution in [0.3, 0.4) is 0 Å². The monoisotopic (exact) mass is 552 g/mol. The van der Waals surface area contributed by atoms with Gasteiger partial charge in [-0.05, 0) is 53.1 Å². The second-order valence-corrected chi connectivity index (χ2v) is 10.0. The number of aromatic nitrogens is 1. The standard InChI is InChI=1S/C32H29FN4O2S/c1-39-27-9-5-8-26(17-27)29-21-40-32(36-29)37(30-11-3-2-10-28(30)33)20-22-12-14-25(15-13-22)31(38)35-19-24-7-4-6-23(16-24)18-34/h2-17,21H,18-20,34H2,1H3,(H,35,38). The molecule has 3 N–H and O–H groups in total. The molecule has 40 heavy (non-hydrogen) atoms. The number of amides is 1. The molecule has 202 valence electrons. The number of nitrogens with two attached hydrogens (primary N) is 1. The highest BCUT2D eigenvalue weighted by Crippen LogP contribution is 2.35. The lowest BCUT2D eigenvalue weighted by molar-refractivity contribution is 0.0951. The van der Waals surface area contributed by atoms with Gasteiger partial charge in [0.25, 0.3) is 5.91 Å². The van der Waals surface area contributed by atoms with Gasteiger partial charge >= 0.3 is 0 Å². The summed E-state index contributed by atoms with van der Waals surface area (Å²) in [5.74, 6) is 0.236. The van der Waals surface area contributed by atoms with Crippen LogP contribution in [-0.2, 0) is 19.6 Å². The molecule has 6 nitrogen and oxygen atoms in total. The van der Waals surface area contributed by atoms with Crippen molar-refractivity contribution in [2.24, 2.45) is 5.73 Å². The van der Waals surface area contributed by atoms with E-state index in [0.717, 1.165) is 33.7 Å². The molecule has 0 bridgehead atoms. The fraction of sp³-hybridized carbons (Fsp3) is 0.125. The number of benzene rings is 4. The van der Waals surface area contributed by atoms with Gasteiger partial charge in [-0.25, -0.2) is 9.37 Å². The number of methoxy groups -OCH3 is 1. The number of hydrogen-bond donors (Lipinski definition) is 2. The molecule has 0 unspecified atom stereocenters. The Hall–Kier alpha value is -4.53. The number of anilines is 2. The number of carbonyl (C=O) groups excluding carboxylic acids is 1. The van der Waals surface area contributed by atoms with Crippen molar-refractivity contribution in [3.05, 3.63) is 131 Å². The van der Waals surface area contributed by atoms with Crippen LogP contribution in [0.1, 0.15) is 27.0 Å². The third kappa shape index (κ3) is 6.36. The summed E-state index contributed by atoms with van der Waals surface area (Å²) < 4.78 is 20.3. The molecule has 5 aromatic rings. The van der Waals surface area contributed by atoms with Gasteiger partial charge in [0.2, 0.25) is 0 Å². The van der Waals surface area contributed by atoms with Crippen LogP contribution in [0, 0.1) is 5.82 Å². The summed E-state index contributed by atoms with van der Waals surface area (Å²) in [6, 6.07) is 29.5. The van der Waals surface area contributed by atoms with Gasteiger partial charge in [-0.1, -0.05) is 60.7 Å². The maximum atomic E-state index is 15.0. The van der Waals surface area contributed by atoms with Gasteiger partial charge < -0.3 is 20.7 Å². The van der Waals surface area contributed by atoms with E-state index in [1.807, 2.05) is 70.9 Å². The van der Waals surface area contributed by atoms with E-state index in [2.05, 4.69) is 5.32 Å². The van der Waals surface area contributed by atoms with E-state index < -0.39 is 0 Å². The summed E-state index contributed by atoms with van der Waals surface area (Å²) in [7, 11) is 1.63. The topological polar surface area (TPSA) is 80.5 Å². The Bertz CT molecular complexity index is 1600. The highest BCUT2D eigenvalue weighted by molar-refractivity contribution is 7.14. The molecule has 1 amide bonds. The lowest BCUT2D eigenvalue weighted by atomic mass is 10.1. The minimum atomic E-state index is -0.338. The van der Waals surface area contributed by atoms with Gasteiger partial charge in [0.05, 0.1) is 25.0 Å². The van der Waals surface area contributed by atoms with E-state index in [1.54, 1.807) is 37.4 Å². The minimum Gasteiger partial charge on any atom is -0.497 e. The van der Waals surface area contributed by atoms with Crippen LogP contribution in [0.15, 0.2) is 102 Å². The average Bonchev–Trinajstić information content (AvgIpc) is 3.50. The highest BCUT2D eigenvalue weighted by Gasteiger charge is 2.19. The Balaban J connectivity index is 1.34. The molecule has 5 rings (SSSR count). The normalized spacial score (nSPS) is 10.8. The smallest absolute Gasteiger partial charge is 0.251 e. The van der Waals surface area contributed by atoms with E-state index in [9.17, 15) is 9.18 Å². The number of nitrogens with one attached hydrogen (secondary N) is 1. The van der Waals surface area contributed by atoms with Crippen LogP contribution in [-0.4, -0.2) is 18.0 Å². The lowest BCUT2D eigenvalue weighted by Gasteiger charge is -2.23. The van der Waals surface area contributed by atoms with Crippen LogP contribution in [0.4, 0.5) is 15.2 Å². The third-order valence-electron chi connectivity index (χ3n) is 6.47. The Morgan fingerprint density at radius 3 is 2.50 bits per heavy atom. The molecule has 0 atom stereocenters. The van der Waals surface area contributed by atoms with Gasteiger partial charge in [-0.15, -0.1) is 11.3 Å². The SMILES string of the molecule is COc1cccc(-c2csc(N(Cc3ccc(C(=O)NCc4cccc(CN)c4)cc3)c3ccccc3F)n2)c1. The molecule has 0 radical (unpaired) electrons.